The van der Waals surface area contributed by atoms with Crippen LogP contribution in [-0.2, 0) is 29.0 Å². The molecule has 0 unspecified atom stereocenters. The molecule has 0 fully saturated rings. The molecule has 0 saturated carbocycles. The highest BCUT2D eigenvalue weighted by atomic mass is 16.4. The van der Waals surface area contributed by atoms with E-state index in [0.717, 1.165) is 17.5 Å². The predicted molar refractivity (Wildman–Crippen MR) is 102 cm³/mol. The normalized spacial score (nSPS) is 13.0. The number of benzene rings is 2. The van der Waals surface area contributed by atoms with E-state index in [1.807, 2.05) is 17.0 Å². The minimum absolute atomic E-state index is 0.0371. The maximum Gasteiger partial charge on any atom is 0.303 e. The van der Waals surface area contributed by atoms with Crippen molar-refractivity contribution in [1.29, 1.82) is 0 Å². The lowest BCUT2D eigenvalue weighted by Gasteiger charge is -2.29. The molecule has 1 heterocycles. The molecule has 1 aliphatic rings. The summed E-state index contributed by atoms with van der Waals surface area (Å²) in [4.78, 5) is 36.4. The zero-order valence-corrected chi connectivity index (χ0v) is 15.2. The summed E-state index contributed by atoms with van der Waals surface area (Å²) in [7, 11) is 0. The average Bonchev–Trinajstić information content (AvgIpc) is 2.65. The molecule has 3 rings (SSSR count). The van der Waals surface area contributed by atoms with E-state index in [0.29, 0.717) is 30.8 Å². The number of carboxylic acids is 1. The highest BCUT2D eigenvalue weighted by Crippen LogP contribution is 2.23. The Bertz CT molecular complexity index is 874. The molecule has 2 aromatic carbocycles. The minimum Gasteiger partial charge on any atom is -0.481 e. The molecule has 1 aliphatic heterocycles. The second-order valence-electron chi connectivity index (χ2n) is 6.73. The van der Waals surface area contributed by atoms with Gasteiger partial charge in [0.1, 0.15) is 0 Å². The standard InChI is InChI=1S/C21H22N2O4/c1-14(24)22-19-7-5-16(6-8-19)21(27)23-11-10-17-12-15(3-9-20(25)26)2-4-18(17)13-23/h2,4-8,12H,3,9-11,13H2,1H3,(H,22,24)(H,25,26). The highest BCUT2D eigenvalue weighted by Gasteiger charge is 2.22. The van der Waals surface area contributed by atoms with Crippen molar-refractivity contribution < 1.29 is 19.5 Å². The molecule has 0 radical (unpaired) electrons. The van der Waals surface area contributed by atoms with E-state index < -0.39 is 5.97 Å². The van der Waals surface area contributed by atoms with Crippen molar-refractivity contribution in [3.05, 3.63) is 64.7 Å². The van der Waals surface area contributed by atoms with Crippen LogP contribution in [0.1, 0.15) is 40.4 Å². The third-order valence-corrected chi connectivity index (χ3v) is 4.65. The third kappa shape index (κ3) is 4.73. The molecule has 6 nitrogen and oxygen atoms in total. The molecule has 140 valence electrons. The molecule has 0 spiro atoms. The van der Waals surface area contributed by atoms with E-state index in [1.54, 1.807) is 24.3 Å². The second-order valence-corrected chi connectivity index (χ2v) is 6.73. The van der Waals surface area contributed by atoms with Crippen molar-refractivity contribution >= 4 is 23.5 Å². The SMILES string of the molecule is CC(=O)Nc1ccc(C(=O)N2CCc3cc(CCC(=O)O)ccc3C2)cc1. The number of nitrogens with zero attached hydrogens (tertiary/aromatic N) is 1. The van der Waals surface area contributed by atoms with Crippen molar-refractivity contribution in [2.45, 2.75) is 32.7 Å². The predicted octanol–water partition coefficient (Wildman–Crippen LogP) is 2.86. The van der Waals surface area contributed by atoms with Crippen LogP contribution in [0.3, 0.4) is 0 Å². The van der Waals surface area contributed by atoms with Crippen LogP contribution in [0.15, 0.2) is 42.5 Å². The molecule has 0 atom stereocenters. The van der Waals surface area contributed by atoms with Gasteiger partial charge in [0.2, 0.25) is 5.91 Å². The average molecular weight is 366 g/mol. The lowest BCUT2D eigenvalue weighted by Crippen LogP contribution is -2.36. The summed E-state index contributed by atoms with van der Waals surface area (Å²) in [6.45, 7) is 2.61. The van der Waals surface area contributed by atoms with E-state index in [2.05, 4.69) is 11.4 Å². The van der Waals surface area contributed by atoms with E-state index in [-0.39, 0.29) is 18.2 Å². The first-order valence-corrected chi connectivity index (χ1v) is 8.92. The number of hydrogen-bond donors (Lipinski definition) is 2. The number of nitrogens with one attached hydrogen (secondary N) is 1. The Hall–Kier alpha value is -3.15. The molecule has 2 amide bonds. The van der Waals surface area contributed by atoms with E-state index in [1.165, 1.54) is 12.5 Å². The Kier molecular flexibility index (Phi) is 5.54. The van der Waals surface area contributed by atoms with Gasteiger partial charge in [0.05, 0.1) is 0 Å². The van der Waals surface area contributed by atoms with E-state index in [4.69, 9.17) is 5.11 Å². The third-order valence-electron chi connectivity index (χ3n) is 4.65. The lowest BCUT2D eigenvalue weighted by atomic mass is 9.95. The first-order valence-electron chi connectivity index (χ1n) is 8.92. The summed E-state index contributed by atoms with van der Waals surface area (Å²) in [5, 5.41) is 11.5. The summed E-state index contributed by atoms with van der Waals surface area (Å²) >= 11 is 0. The summed E-state index contributed by atoms with van der Waals surface area (Å²) in [6.07, 6.45) is 1.40. The molecule has 0 saturated heterocycles. The largest absolute Gasteiger partial charge is 0.481 e. The molecular weight excluding hydrogens is 344 g/mol. The number of fused-ring (bicyclic) bond motifs is 1. The van der Waals surface area contributed by atoms with E-state index >= 15 is 0 Å². The molecule has 27 heavy (non-hydrogen) atoms. The fourth-order valence-corrected chi connectivity index (χ4v) is 3.27. The van der Waals surface area contributed by atoms with Crippen LogP contribution in [0.4, 0.5) is 5.69 Å². The van der Waals surface area contributed by atoms with Gasteiger partial charge in [-0.1, -0.05) is 18.2 Å². The quantitative estimate of drug-likeness (QED) is 0.852. The number of amides is 2. The number of carbonyl (C=O) groups is 3. The summed E-state index contributed by atoms with van der Waals surface area (Å²) in [6, 6.07) is 12.9. The smallest absolute Gasteiger partial charge is 0.303 e. The molecule has 2 aromatic rings. The summed E-state index contributed by atoms with van der Waals surface area (Å²) in [5.74, 6) is -0.983. The van der Waals surface area contributed by atoms with Gasteiger partial charge in [0, 0.05) is 37.7 Å². The topological polar surface area (TPSA) is 86.7 Å². The van der Waals surface area contributed by atoms with Gasteiger partial charge in [-0.15, -0.1) is 0 Å². The zero-order chi connectivity index (χ0) is 19.4. The molecule has 2 N–H and O–H groups in total. The lowest BCUT2D eigenvalue weighted by molar-refractivity contribution is -0.137. The molecule has 0 aliphatic carbocycles. The fraction of sp³-hybridized carbons (Fsp3) is 0.286. The van der Waals surface area contributed by atoms with Gasteiger partial charge >= 0.3 is 5.97 Å². The number of carboxylic acid groups (broad SMARTS) is 1. The number of hydrogen-bond acceptors (Lipinski definition) is 3. The van der Waals surface area contributed by atoms with Gasteiger partial charge in [0.25, 0.3) is 5.91 Å². The first-order chi connectivity index (χ1) is 12.9. The Morgan fingerprint density at radius 3 is 2.48 bits per heavy atom. The first kappa shape index (κ1) is 18.6. The van der Waals surface area contributed by atoms with Gasteiger partial charge in [-0.3, -0.25) is 14.4 Å². The minimum atomic E-state index is -0.797. The summed E-state index contributed by atoms with van der Waals surface area (Å²) < 4.78 is 0. The summed E-state index contributed by atoms with van der Waals surface area (Å²) in [5.41, 5.74) is 4.55. The second kappa shape index (κ2) is 8.03. The fourth-order valence-electron chi connectivity index (χ4n) is 3.27. The van der Waals surface area contributed by atoms with Gasteiger partial charge < -0.3 is 15.3 Å². The maximum atomic E-state index is 12.8. The van der Waals surface area contributed by atoms with Crippen LogP contribution in [0.2, 0.25) is 0 Å². The molecule has 6 heteroatoms. The number of aliphatic carboxylic acids is 1. The van der Waals surface area contributed by atoms with Crippen LogP contribution >= 0.6 is 0 Å². The van der Waals surface area contributed by atoms with Crippen LogP contribution < -0.4 is 5.32 Å². The van der Waals surface area contributed by atoms with Gasteiger partial charge in [-0.25, -0.2) is 0 Å². The van der Waals surface area contributed by atoms with Crippen LogP contribution in [-0.4, -0.2) is 34.3 Å². The van der Waals surface area contributed by atoms with E-state index in [9.17, 15) is 14.4 Å². The number of rotatable bonds is 5. The van der Waals surface area contributed by atoms with Crippen molar-refractivity contribution in [3.8, 4) is 0 Å². The maximum absolute atomic E-state index is 12.8. The Morgan fingerprint density at radius 1 is 1.07 bits per heavy atom. The highest BCUT2D eigenvalue weighted by molar-refractivity contribution is 5.95. The molecule has 0 bridgehead atoms. The van der Waals surface area contributed by atoms with Gasteiger partial charge in [-0.05, 0) is 53.8 Å². The van der Waals surface area contributed by atoms with Gasteiger partial charge in [-0.2, -0.15) is 0 Å². The van der Waals surface area contributed by atoms with Gasteiger partial charge in [0.15, 0.2) is 0 Å². The number of anilines is 1. The van der Waals surface area contributed by atoms with Crippen molar-refractivity contribution in [3.63, 3.8) is 0 Å². The molecule has 0 aromatic heterocycles. The Labute approximate surface area is 157 Å². The van der Waals surface area contributed by atoms with Crippen molar-refractivity contribution in [2.24, 2.45) is 0 Å². The van der Waals surface area contributed by atoms with Crippen LogP contribution in [0.5, 0.6) is 0 Å². The van der Waals surface area contributed by atoms with Crippen molar-refractivity contribution in [1.82, 2.24) is 4.90 Å². The Balaban J connectivity index is 1.67. The van der Waals surface area contributed by atoms with Crippen molar-refractivity contribution in [2.75, 3.05) is 11.9 Å². The number of aryl methyl sites for hydroxylation is 1. The molecular formula is C21H22N2O4. The Morgan fingerprint density at radius 2 is 1.81 bits per heavy atom. The van der Waals surface area contributed by atoms with Crippen LogP contribution in [0.25, 0.3) is 0 Å². The zero-order valence-electron chi connectivity index (χ0n) is 15.2. The van der Waals surface area contributed by atoms with Crippen LogP contribution in [0, 0.1) is 0 Å². The number of carbonyl (C=O) groups excluding carboxylic acids is 2. The monoisotopic (exact) mass is 366 g/mol.